The highest BCUT2D eigenvalue weighted by molar-refractivity contribution is 8.02. The van der Waals surface area contributed by atoms with E-state index < -0.39 is 4.87 Å². The van der Waals surface area contributed by atoms with E-state index in [9.17, 15) is 9.59 Å². The van der Waals surface area contributed by atoms with E-state index in [-0.39, 0.29) is 11.8 Å². The van der Waals surface area contributed by atoms with Gasteiger partial charge in [0, 0.05) is 11.3 Å². The minimum absolute atomic E-state index is 0.00209. The predicted octanol–water partition coefficient (Wildman–Crippen LogP) is 4.17. The summed E-state index contributed by atoms with van der Waals surface area (Å²) in [6.07, 6.45) is 0.884. The summed E-state index contributed by atoms with van der Waals surface area (Å²) in [7, 11) is 0. The second kappa shape index (κ2) is 5.56. The second-order valence-corrected chi connectivity index (χ2v) is 8.83. The Kier molecular flexibility index (Phi) is 3.39. The lowest BCUT2D eigenvalue weighted by Crippen LogP contribution is -2.49. The third-order valence-electron chi connectivity index (χ3n) is 4.87. The number of amides is 2. The Morgan fingerprint density at radius 3 is 2.92 bits per heavy atom. The first-order valence-electron chi connectivity index (χ1n) is 8.37. The lowest BCUT2D eigenvalue weighted by Gasteiger charge is -2.29. The zero-order valence-electron chi connectivity index (χ0n) is 14.0. The maximum absolute atomic E-state index is 13.2. The van der Waals surface area contributed by atoms with Crippen LogP contribution in [-0.2, 0) is 9.59 Å². The molecular weight excluding hydrogens is 366 g/mol. The molecule has 2 aliphatic rings. The molecule has 1 fully saturated rings. The number of fused-ring (bicyclic) bond motifs is 4. The van der Waals surface area contributed by atoms with E-state index in [4.69, 9.17) is 0 Å². The number of para-hydroxylation sites is 2. The molecule has 0 bridgehead atoms. The molecule has 0 radical (unpaired) electrons. The van der Waals surface area contributed by atoms with Gasteiger partial charge in [0.2, 0.25) is 5.91 Å². The van der Waals surface area contributed by atoms with Gasteiger partial charge in [0.25, 0.3) is 5.91 Å². The van der Waals surface area contributed by atoms with Crippen LogP contribution in [0.15, 0.2) is 47.4 Å². The van der Waals surface area contributed by atoms with Gasteiger partial charge in [-0.15, -0.1) is 0 Å². The van der Waals surface area contributed by atoms with Crippen LogP contribution in [0.3, 0.4) is 0 Å². The quantitative estimate of drug-likeness (QED) is 0.724. The van der Waals surface area contributed by atoms with Crippen LogP contribution < -0.4 is 10.2 Å². The SMILES string of the molecule is Cc1cccc2sc(NC(=O)C34CCC(=O)N3c3ccccc3S4)nc12. The van der Waals surface area contributed by atoms with Gasteiger partial charge >= 0.3 is 0 Å². The predicted molar refractivity (Wildman–Crippen MR) is 105 cm³/mol. The molecule has 130 valence electrons. The summed E-state index contributed by atoms with van der Waals surface area (Å²) >= 11 is 2.92. The third-order valence-corrected chi connectivity index (χ3v) is 7.28. The standard InChI is InChI=1S/C19H15N3O2S2/c1-11-5-4-8-14-16(11)20-18(25-14)21-17(24)19-10-9-15(23)22(19)12-6-2-3-7-13(12)26-19/h2-8H,9-10H2,1H3,(H,20,21,24). The molecule has 3 aromatic rings. The van der Waals surface area contributed by atoms with Crippen LogP contribution in [0.25, 0.3) is 10.2 Å². The van der Waals surface area contributed by atoms with Crippen LogP contribution in [0.1, 0.15) is 18.4 Å². The number of carbonyl (C=O) groups is 2. The molecule has 1 saturated heterocycles. The monoisotopic (exact) mass is 381 g/mol. The van der Waals surface area contributed by atoms with Gasteiger partial charge in [-0.2, -0.15) is 0 Å². The molecule has 5 rings (SSSR count). The summed E-state index contributed by atoms with van der Waals surface area (Å²) in [5.41, 5.74) is 2.82. The van der Waals surface area contributed by atoms with Crippen molar-refractivity contribution < 1.29 is 9.59 Å². The zero-order chi connectivity index (χ0) is 17.9. The lowest BCUT2D eigenvalue weighted by atomic mass is 10.2. The molecule has 0 aliphatic carbocycles. The van der Waals surface area contributed by atoms with Crippen LogP contribution in [0.4, 0.5) is 10.8 Å². The summed E-state index contributed by atoms with van der Waals surface area (Å²) in [6.45, 7) is 2.01. The second-order valence-electron chi connectivity index (χ2n) is 6.48. The number of anilines is 2. The highest BCUT2D eigenvalue weighted by Gasteiger charge is 2.57. The van der Waals surface area contributed by atoms with Crippen molar-refractivity contribution in [3.05, 3.63) is 48.0 Å². The van der Waals surface area contributed by atoms with Crippen molar-refractivity contribution in [1.82, 2.24) is 4.98 Å². The van der Waals surface area contributed by atoms with E-state index in [2.05, 4.69) is 10.3 Å². The van der Waals surface area contributed by atoms with Crippen molar-refractivity contribution in [2.24, 2.45) is 0 Å². The minimum atomic E-state index is -0.909. The maximum Gasteiger partial charge on any atom is 0.263 e. The molecule has 2 aromatic carbocycles. The molecule has 1 unspecified atom stereocenters. The van der Waals surface area contributed by atoms with Gasteiger partial charge in [0.15, 0.2) is 10.0 Å². The number of aryl methyl sites for hydroxylation is 1. The lowest BCUT2D eigenvalue weighted by molar-refractivity contribution is -0.121. The van der Waals surface area contributed by atoms with E-state index in [1.165, 1.54) is 23.1 Å². The van der Waals surface area contributed by atoms with Crippen molar-refractivity contribution in [3.63, 3.8) is 0 Å². The fraction of sp³-hybridized carbons (Fsp3) is 0.211. The van der Waals surface area contributed by atoms with Crippen molar-refractivity contribution in [2.45, 2.75) is 29.5 Å². The first kappa shape index (κ1) is 15.8. The van der Waals surface area contributed by atoms with Gasteiger partial charge in [0.1, 0.15) is 0 Å². The van der Waals surface area contributed by atoms with Gasteiger partial charge in [-0.3, -0.25) is 19.8 Å². The Balaban J connectivity index is 1.51. The molecule has 26 heavy (non-hydrogen) atoms. The molecule has 7 heteroatoms. The first-order chi connectivity index (χ1) is 12.6. The molecule has 5 nitrogen and oxygen atoms in total. The largest absolute Gasteiger partial charge is 0.299 e. The van der Waals surface area contributed by atoms with E-state index >= 15 is 0 Å². The zero-order valence-corrected chi connectivity index (χ0v) is 15.6. The molecule has 0 spiro atoms. The van der Waals surface area contributed by atoms with Gasteiger partial charge in [-0.25, -0.2) is 4.98 Å². The Morgan fingerprint density at radius 2 is 2.08 bits per heavy atom. The van der Waals surface area contributed by atoms with Crippen LogP contribution >= 0.6 is 23.1 Å². The fourth-order valence-corrected chi connectivity index (χ4v) is 5.99. The van der Waals surface area contributed by atoms with Crippen LogP contribution in [0.5, 0.6) is 0 Å². The summed E-state index contributed by atoms with van der Waals surface area (Å²) < 4.78 is 1.04. The average molecular weight is 381 g/mol. The van der Waals surface area contributed by atoms with Crippen molar-refractivity contribution in [3.8, 4) is 0 Å². The Hall–Kier alpha value is -2.38. The number of hydrogen-bond acceptors (Lipinski definition) is 5. The number of nitrogens with one attached hydrogen (secondary N) is 1. The first-order valence-corrected chi connectivity index (χ1v) is 10.0. The molecule has 1 N–H and O–H groups in total. The number of thioether (sulfide) groups is 1. The number of aromatic nitrogens is 1. The van der Waals surface area contributed by atoms with Gasteiger partial charge < -0.3 is 0 Å². The van der Waals surface area contributed by atoms with Crippen molar-refractivity contribution in [1.29, 1.82) is 0 Å². The van der Waals surface area contributed by atoms with Crippen molar-refractivity contribution >= 4 is 55.9 Å². The molecule has 1 atom stereocenters. The molecular formula is C19H15N3O2S2. The number of thiazole rings is 1. The minimum Gasteiger partial charge on any atom is -0.299 e. The van der Waals surface area contributed by atoms with E-state index in [1.807, 2.05) is 49.4 Å². The van der Waals surface area contributed by atoms with Crippen molar-refractivity contribution in [2.75, 3.05) is 10.2 Å². The summed E-state index contributed by atoms with van der Waals surface area (Å²) in [4.78, 5) is 32.0. The molecule has 0 saturated carbocycles. The normalized spacial score (nSPS) is 21.1. The van der Waals surface area contributed by atoms with E-state index in [0.717, 1.165) is 26.4 Å². The van der Waals surface area contributed by atoms with Crippen LogP contribution in [0, 0.1) is 6.92 Å². The fourth-order valence-electron chi connectivity index (χ4n) is 3.63. The number of nitrogens with zero attached hydrogens (tertiary/aromatic N) is 2. The highest BCUT2D eigenvalue weighted by atomic mass is 32.2. The number of carbonyl (C=O) groups excluding carboxylic acids is 2. The molecule has 2 aliphatic heterocycles. The highest BCUT2D eigenvalue weighted by Crippen LogP contribution is 2.56. The third kappa shape index (κ3) is 2.13. The maximum atomic E-state index is 13.2. The number of rotatable bonds is 2. The Bertz CT molecular complexity index is 1080. The number of benzene rings is 2. The number of hydrogen-bond donors (Lipinski definition) is 1. The summed E-state index contributed by atoms with van der Waals surface area (Å²) in [6, 6.07) is 13.7. The van der Waals surface area contributed by atoms with Crippen LogP contribution in [-0.4, -0.2) is 21.7 Å². The Morgan fingerprint density at radius 1 is 1.23 bits per heavy atom. The van der Waals surface area contributed by atoms with Gasteiger partial charge in [-0.1, -0.05) is 47.4 Å². The summed E-state index contributed by atoms with van der Waals surface area (Å²) in [5, 5.41) is 3.55. The molecule has 1 aromatic heterocycles. The Labute approximate surface area is 158 Å². The average Bonchev–Trinajstić information content (AvgIpc) is 3.28. The topological polar surface area (TPSA) is 62.3 Å². The van der Waals surface area contributed by atoms with E-state index in [1.54, 1.807) is 4.90 Å². The van der Waals surface area contributed by atoms with E-state index in [0.29, 0.717) is 18.0 Å². The van der Waals surface area contributed by atoms with Crippen LogP contribution in [0.2, 0.25) is 0 Å². The van der Waals surface area contributed by atoms with Gasteiger partial charge in [-0.05, 0) is 37.1 Å². The van der Waals surface area contributed by atoms with Gasteiger partial charge in [0.05, 0.1) is 15.9 Å². The smallest absolute Gasteiger partial charge is 0.263 e. The molecule has 3 heterocycles. The summed E-state index contributed by atoms with van der Waals surface area (Å²) in [5.74, 6) is -0.181. The molecule has 2 amide bonds.